The lowest BCUT2D eigenvalue weighted by Crippen LogP contribution is -2.38. The lowest BCUT2D eigenvalue weighted by Gasteiger charge is -2.37. The number of esters is 1. The maximum absolute atomic E-state index is 13.6. The van der Waals surface area contributed by atoms with Crippen molar-refractivity contribution in [2.75, 3.05) is 22.7 Å². The molecule has 1 saturated carbocycles. The number of rotatable bonds is 9. The monoisotopic (exact) mass is 670 g/mol. The second-order valence-electron chi connectivity index (χ2n) is 13.6. The summed E-state index contributed by atoms with van der Waals surface area (Å²) in [5.74, 6) is 0.505. The lowest BCUT2D eigenvalue weighted by molar-refractivity contribution is -0.141. The van der Waals surface area contributed by atoms with Gasteiger partial charge in [-0.2, -0.15) is 0 Å². The fourth-order valence-corrected chi connectivity index (χ4v) is 7.85. The van der Waals surface area contributed by atoms with Crippen LogP contribution in [0.2, 0.25) is 0 Å². The van der Waals surface area contributed by atoms with Crippen LogP contribution in [-0.4, -0.2) is 50.8 Å². The van der Waals surface area contributed by atoms with Gasteiger partial charge in [-0.25, -0.2) is 14.6 Å². The number of benzene rings is 2. The standard InChI is InChI=1S/C36H42N6O5S/c1-20-9-10-22(3)30(16-20)47-48-40-27-17-25(11-12-29(27)41-13-7-8-26(18-41)35(43)44)33-38-34-31(28(37-6)19-42(34)39-33)36(45)46-32-23(4)14-21(2)15-24(32)5/h9-12,16-17,19,21,23-24,26,32,40H,7-8,13-15,18H2,1-5H3,(H,38,39)(H,43,44). The van der Waals surface area contributed by atoms with Crippen molar-refractivity contribution in [2.45, 2.75) is 66.4 Å². The van der Waals surface area contributed by atoms with Crippen molar-refractivity contribution < 1.29 is 23.6 Å². The maximum Gasteiger partial charge on any atom is 0.331 e. The molecular weight excluding hydrogens is 628 g/mol. The van der Waals surface area contributed by atoms with Crippen LogP contribution in [0.15, 0.2) is 42.6 Å². The van der Waals surface area contributed by atoms with Gasteiger partial charge in [-0.05, 0) is 92.7 Å². The molecule has 2 aromatic carbocycles. The van der Waals surface area contributed by atoms with E-state index in [1.807, 2.05) is 50.2 Å². The van der Waals surface area contributed by atoms with Gasteiger partial charge in [0.1, 0.15) is 17.4 Å². The highest BCUT2D eigenvalue weighted by Gasteiger charge is 2.36. The molecule has 2 aliphatic rings. The van der Waals surface area contributed by atoms with E-state index >= 15 is 0 Å². The van der Waals surface area contributed by atoms with Crippen molar-refractivity contribution in [1.29, 1.82) is 0 Å². The molecule has 11 nitrogen and oxygen atoms in total. The molecule has 2 aromatic heterocycles. The van der Waals surface area contributed by atoms with E-state index in [0.29, 0.717) is 30.4 Å². The SMILES string of the molecule is [C-]#[N+]c1cn2[nH]c(-c3ccc(N4CCCC(C(=O)O)C4)c(NSOc4cc(C)ccc4C)c3)nc2c1C(=O)OC1C(C)CC(C)CC1C. The van der Waals surface area contributed by atoms with E-state index in [1.54, 1.807) is 10.7 Å². The minimum atomic E-state index is -0.792. The van der Waals surface area contributed by atoms with Gasteiger partial charge >= 0.3 is 11.9 Å². The highest BCUT2D eigenvalue weighted by Crippen LogP contribution is 2.38. The summed E-state index contributed by atoms with van der Waals surface area (Å²) in [6.07, 6.45) is 4.75. The van der Waals surface area contributed by atoms with E-state index in [4.69, 9.17) is 20.5 Å². The molecule has 3 heterocycles. The van der Waals surface area contributed by atoms with E-state index in [9.17, 15) is 14.7 Å². The summed E-state index contributed by atoms with van der Waals surface area (Å²) in [5, 5.41) is 13.0. The number of aromatic amines is 1. The number of carbonyl (C=O) groups excluding carboxylic acids is 1. The van der Waals surface area contributed by atoms with Gasteiger partial charge in [-0.1, -0.05) is 32.9 Å². The largest absolute Gasteiger partial charge is 0.481 e. The van der Waals surface area contributed by atoms with Crippen molar-refractivity contribution in [3.63, 3.8) is 0 Å². The number of H-pyrrole nitrogens is 1. The molecule has 48 heavy (non-hydrogen) atoms. The molecule has 4 aromatic rings. The number of carboxylic acid groups (broad SMARTS) is 1. The summed E-state index contributed by atoms with van der Waals surface area (Å²) >= 11 is 1.08. The number of nitrogens with one attached hydrogen (secondary N) is 2. The number of aromatic nitrogens is 3. The first-order valence-electron chi connectivity index (χ1n) is 16.5. The number of hydrogen-bond donors (Lipinski definition) is 3. The van der Waals surface area contributed by atoms with Gasteiger partial charge in [0.15, 0.2) is 23.7 Å². The number of aliphatic carboxylic acids is 1. The maximum atomic E-state index is 13.6. The van der Waals surface area contributed by atoms with E-state index in [0.717, 1.165) is 71.9 Å². The number of carbonyl (C=O) groups is 2. The highest BCUT2D eigenvalue weighted by atomic mass is 32.2. The third-order valence-electron chi connectivity index (χ3n) is 9.65. The van der Waals surface area contributed by atoms with Crippen LogP contribution >= 0.6 is 12.2 Å². The van der Waals surface area contributed by atoms with Crippen LogP contribution in [0.3, 0.4) is 0 Å². The second-order valence-corrected chi connectivity index (χ2v) is 14.1. The number of nitrogens with zero attached hydrogens (tertiary/aromatic N) is 4. The number of ether oxygens (including phenoxy) is 1. The number of anilines is 2. The Morgan fingerprint density at radius 3 is 2.62 bits per heavy atom. The van der Waals surface area contributed by atoms with Gasteiger partial charge in [0.05, 0.1) is 23.9 Å². The van der Waals surface area contributed by atoms with Crippen LogP contribution in [0.5, 0.6) is 5.75 Å². The summed E-state index contributed by atoms with van der Waals surface area (Å²) in [6, 6.07) is 11.8. The first-order chi connectivity index (χ1) is 23.0. The quantitative estimate of drug-likeness (QED) is 0.0701. The van der Waals surface area contributed by atoms with E-state index < -0.39 is 17.9 Å². The van der Waals surface area contributed by atoms with Gasteiger partial charge in [0, 0.05) is 24.8 Å². The third kappa shape index (κ3) is 6.83. The van der Waals surface area contributed by atoms with Gasteiger partial charge < -0.3 is 18.9 Å². The van der Waals surface area contributed by atoms with Crippen LogP contribution in [0.25, 0.3) is 21.9 Å². The number of carboxylic acids is 1. The highest BCUT2D eigenvalue weighted by molar-refractivity contribution is 7.96. The number of piperidine rings is 1. The summed E-state index contributed by atoms with van der Waals surface area (Å²) < 4.78 is 17.0. The van der Waals surface area contributed by atoms with Gasteiger partial charge in [0.2, 0.25) is 5.69 Å². The molecule has 6 rings (SSSR count). The topological polar surface area (TPSA) is 126 Å². The molecule has 0 spiro atoms. The fourth-order valence-electron chi connectivity index (χ4n) is 7.29. The third-order valence-corrected chi connectivity index (χ3v) is 10.2. The smallest absolute Gasteiger partial charge is 0.331 e. The molecule has 3 atom stereocenters. The first kappa shape index (κ1) is 33.3. The number of hydrogen-bond acceptors (Lipinski definition) is 8. The fraction of sp³-hybridized carbons (Fsp3) is 0.444. The Kier molecular flexibility index (Phi) is 9.60. The molecule has 1 aliphatic heterocycles. The molecule has 0 amide bonds. The van der Waals surface area contributed by atoms with E-state index in [-0.39, 0.29) is 29.2 Å². The van der Waals surface area contributed by atoms with E-state index in [1.165, 1.54) is 0 Å². The average Bonchev–Trinajstić information content (AvgIpc) is 3.62. The number of aryl methyl sites for hydroxylation is 2. The zero-order chi connectivity index (χ0) is 34.1. The van der Waals surface area contributed by atoms with Gasteiger partial charge in [-0.3, -0.25) is 19.1 Å². The van der Waals surface area contributed by atoms with Crippen LogP contribution < -0.4 is 13.8 Å². The van der Waals surface area contributed by atoms with Crippen molar-refractivity contribution >= 4 is 46.9 Å². The summed E-state index contributed by atoms with van der Waals surface area (Å²) in [6.45, 7) is 19.3. The Bertz CT molecular complexity index is 1870. The summed E-state index contributed by atoms with van der Waals surface area (Å²) in [7, 11) is 0. The zero-order valence-electron chi connectivity index (χ0n) is 27.9. The van der Waals surface area contributed by atoms with Crippen molar-refractivity contribution in [3.05, 3.63) is 70.7 Å². The lowest BCUT2D eigenvalue weighted by atomic mass is 9.75. The number of fused-ring (bicyclic) bond motifs is 1. The second kappa shape index (κ2) is 13.8. The van der Waals surface area contributed by atoms with Crippen molar-refractivity contribution in [2.24, 2.45) is 23.7 Å². The molecule has 3 N–H and O–H groups in total. The van der Waals surface area contributed by atoms with Crippen LogP contribution in [-0.2, 0) is 9.53 Å². The molecule has 1 saturated heterocycles. The minimum Gasteiger partial charge on any atom is -0.481 e. The molecule has 12 heteroatoms. The summed E-state index contributed by atoms with van der Waals surface area (Å²) in [5.41, 5.74) is 5.08. The summed E-state index contributed by atoms with van der Waals surface area (Å²) in [4.78, 5) is 35.9. The minimum absolute atomic E-state index is 0.158. The first-order valence-corrected chi connectivity index (χ1v) is 17.2. The Morgan fingerprint density at radius 2 is 1.90 bits per heavy atom. The van der Waals surface area contributed by atoms with E-state index in [2.05, 4.69) is 40.3 Å². The predicted octanol–water partition coefficient (Wildman–Crippen LogP) is 8.08. The Morgan fingerprint density at radius 1 is 1.12 bits per heavy atom. The molecule has 3 unspecified atom stereocenters. The van der Waals surface area contributed by atoms with Crippen LogP contribution in [0, 0.1) is 44.1 Å². The predicted molar refractivity (Wildman–Crippen MR) is 188 cm³/mol. The molecular formula is C36H42N6O5S. The molecule has 1 aliphatic carbocycles. The van der Waals surface area contributed by atoms with Crippen LogP contribution in [0.1, 0.15) is 67.9 Å². The zero-order valence-corrected chi connectivity index (χ0v) is 28.8. The van der Waals surface area contributed by atoms with Crippen molar-refractivity contribution in [1.82, 2.24) is 14.6 Å². The molecule has 252 valence electrons. The Hall–Kier alpha value is -4.63. The van der Waals surface area contributed by atoms with Crippen molar-refractivity contribution in [3.8, 4) is 17.1 Å². The molecule has 0 bridgehead atoms. The molecule has 2 fully saturated rings. The Balaban J connectivity index is 1.30. The van der Waals surface area contributed by atoms with Gasteiger partial charge in [-0.15, -0.1) is 0 Å². The Labute approximate surface area is 285 Å². The normalized spacial score (nSPS) is 22.7. The van der Waals surface area contributed by atoms with Gasteiger partial charge in [0.25, 0.3) is 0 Å². The molecule has 0 radical (unpaired) electrons. The average molecular weight is 671 g/mol. The van der Waals surface area contributed by atoms with Crippen LogP contribution in [0.4, 0.5) is 17.1 Å².